The summed E-state index contributed by atoms with van der Waals surface area (Å²) in [7, 11) is 0. The third-order valence-corrected chi connectivity index (χ3v) is 5.83. The summed E-state index contributed by atoms with van der Waals surface area (Å²) < 4.78 is 37.7. The molecule has 0 unspecified atom stereocenters. The van der Waals surface area contributed by atoms with Crippen molar-refractivity contribution >= 4 is 46.3 Å². The van der Waals surface area contributed by atoms with Crippen LogP contribution in [0.3, 0.4) is 0 Å². The highest BCUT2D eigenvalue weighted by atomic mass is 32.2. The van der Waals surface area contributed by atoms with E-state index in [9.17, 15) is 18.4 Å². The molecule has 1 N–H and O–H groups in total. The van der Waals surface area contributed by atoms with Gasteiger partial charge in [0.2, 0.25) is 0 Å². The van der Waals surface area contributed by atoms with Gasteiger partial charge in [-0.15, -0.1) is 0 Å². The molecule has 0 spiro atoms. The van der Waals surface area contributed by atoms with Gasteiger partial charge < -0.3 is 14.6 Å². The van der Waals surface area contributed by atoms with E-state index in [4.69, 9.17) is 14.6 Å². The topological polar surface area (TPSA) is 88.4 Å². The van der Waals surface area contributed by atoms with Gasteiger partial charge in [0.1, 0.15) is 11.6 Å². The van der Waals surface area contributed by atoms with Gasteiger partial charge in [0.05, 0.1) is 22.9 Å². The molecule has 36 heavy (non-hydrogen) atoms. The van der Waals surface area contributed by atoms with Crippen LogP contribution in [0.1, 0.15) is 12.5 Å². The highest BCUT2D eigenvalue weighted by Gasteiger charge is 2.35. The molecule has 3 aromatic carbocycles. The lowest BCUT2D eigenvalue weighted by molar-refractivity contribution is -0.139. The maximum absolute atomic E-state index is 13.5. The van der Waals surface area contributed by atoms with Crippen molar-refractivity contribution < 1.29 is 33.0 Å². The van der Waals surface area contributed by atoms with Crippen LogP contribution in [-0.4, -0.2) is 35.4 Å². The van der Waals surface area contributed by atoms with Gasteiger partial charge in [-0.3, -0.25) is 9.69 Å². The number of hydrogen-bond donors (Lipinski definition) is 1. The number of benzene rings is 3. The molecule has 0 saturated carbocycles. The normalized spacial score (nSPS) is 15.5. The minimum atomic E-state index is -1.12. The minimum absolute atomic E-state index is 0.262. The van der Waals surface area contributed by atoms with Crippen molar-refractivity contribution in [2.75, 3.05) is 18.1 Å². The van der Waals surface area contributed by atoms with Gasteiger partial charge >= 0.3 is 5.97 Å². The van der Waals surface area contributed by atoms with Gasteiger partial charge in [-0.2, -0.15) is 0 Å². The van der Waals surface area contributed by atoms with E-state index in [2.05, 4.69) is 4.99 Å². The van der Waals surface area contributed by atoms with E-state index in [-0.39, 0.29) is 11.7 Å². The summed E-state index contributed by atoms with van der Waals surface area (Å²) in [6.45, 7) is 1.58. The molecule has 1 aliphatic rings. The molecular formula is C26H20F2N2O5S. The molecular weight excluding hydrogens is 490 g/mol. The summed E-state index contributed by atoms with van der Waals surface area (Å²) >= 11 is 1.11. The fraction of sp³-hybridized carbons (Fsp3) is 0.115. The van der Waals surface area contributed by atoms with Gasteiger partial charge in [0.15, 0.2) is 23.3 Å². The largest absolute Gasteiger partial charge is 0.490 e. The highest BCUT2D eigenvalue weighted by Crippen LogP contribution is 2.38. The quantitative estimate of drug-likeness (QED) is 0.395. The summed E-state index contributed by atoms with van der Waals surface area (Å²) in [6, 6.07) is 15.8. The Bertz CT molecular complexity index is 1340. The van der Waals surface area contributed by atoms with Crippen molar-refractivity contribution in [2.45, 2.75) is 6.92 Å². The van der Waals surface area contributed by atoms with Crippen LogP contribution in [-0.2, 0) is 9.59 Å². The smallest absolute Gasteiger partial charge is 0.341 e. The van der Waals surface area contributed by atoms with Gasteiger partial charge in [-0.1, -0.05) is 6.07 Å². The molecule has 0 aromatic heterocycles. The van der Waals surface area contributed by atoms with E-state index >= 15 is 0 Å². The molecule has 7 nitrogen and oxygen atoms in total. The fourth-order valence-electron chi connectivity index (χ4n) is 3.29. The Morgan fingerprint density at radius 3 is 2.31 bits per heavy atom. The molecule has 0 aliphatic carbocycles. The number of amidine groups is 1. The first-order valence-electron chi connectivity index (χ1n) is 10.8. The second-order valence-electron chi connectivity index (χ2n) is 7.42. The minimum Gasteiger partial charge on any atom is -0.490 e. The SMILES string of the molecule is CCOc1cc(C=C2SC(=Nc3ccc(F)cc3)N(c3ccc(F)cc3)C2=O)ccc1OCC(=O)O. The number of anilines is 1. The standard InChI is InChI=1S/C26H20F2N2O5S/c1-2-34-22-13-16(3-12-21(22)35-15-24(31)32)14-23-25(33)30(20-10-6-18(28)7-11-20)26(36-23)29-19-8-4-17(27)5-9-19/h3-14H,2,15H2,1H3,(H,31,32). The number of rotatable bonds is 8. The lowest BCUT2D eigenvalue weighted by Crippen LogP contribution is -2.28. The molecule has 1 heterocycles. The average molecular weight is 511 g/mol. The third-order valence-electron chi connectivity index (χ3n) is 4.86. The molecule has 1 saturated heterocycles. The molecule has 0 bridgehead atoms. The van der Waals surface area contributed by atoms with Gasteiger partial charge in [0.25, 0.3) is 5.91 Å². The van der Waals surface area contributed by atoms with Crippen LogP contribution in [0, 0.1) is 11.6 Å². The molecule has 10 heteroatoms. The van der Waals surface area contributed by atoms with Crippen molar-refractivity contribution in [3.05, 3.63) is 88.8 Å². The number of aliphatic carboxylic acids is 1. The van der Waals surface area contributed by atoms with Crippen LogP contribution >= 0.6 is 11.8 Å². The van der Waals surface area contributed by atoms with Crippen LogP contribution in [0.25, 0.3) is 6.08 Å². The van der Waals surface area contributed by atoms with Crippen LogP contribution < -0.4 is 14.4 Å². The van der Waals surface area contributed by atoms with Crippen molar-refractivity contribution in [1.29, 1.82) is 0 Å². The molecule has 4 rings (SSSR count). The number of carbonyl (C=O) groups excluding carboxylic acids is 1. The van der Waals surface area contributed by atoms with Gasteiger partial charge in [0, 0.05) is 0 Å². The van der Waals surface area contributed by atoms with E-state index in [0.29, 0.717) is 39.4 Å². The summed E-state index contributed by atoms with van der Waals surface area (Å²) in [6.07, 6.45) is 1.64. The van der Waals surface area contributed by atoms with E-state index < -0.39 is 24.2 Å². The van der Waals surface area contributed by atoms with Gasteiger partial charge in [-0.05, 0) is 91.0 Å². The Labute approximate surface area is 209 Å². The van der Waals surface area contributed by atoms with Crippen molar-refractivity contribution in [2.24, 2.45) is 4.99 Å². The molecule has 0 atom stereocenters. The first kappa shape index (κ1) is 24.9. The zero-order chi connectivity index (χ0) is 25.7. The van der Waals surface area contributed by atoms with Crippen LogP contribution in [0.4, 0.5) is 20.2 Å². The lowest BCUT2D eigenvalue weighted by Gasteiger charge is -2.15. The monoisotopic (exact) mass is 510 g/mol. The molecule has 1 aliphatic heterocycles. The van der Waals surface area contributed by atoms with Crippen LogP contribution in [0.15, 0.2) is 76.6 Å². The molecule has 184 valence electrons. The van der Waals surface area contributed by atoms with E-state index in [1.807, 2.05) is 0 Å². The second-order valence-corrected chi connectivity index (χ2v) is 8.43. The highest BCUT2D eigenvalue weighted by molar-refractivity contribution is 8.19. The predicted molar refractivity (Wildman–Crippen MR) is 134 cm³/mol. The number of hydrogen-bond acceptors (Lipinski definition) is 6. The summed E-state index contributed by atoms with van der Waals surface area (Å²) in [5.74, 6) is -1.76. The number of carboxylic acid groups (broad SMARTS) is 1. The second kappa shape index (κ2) is 11.0. The average Bonchev–Trinajstić information content (AvgIpc) is 3.15. The van der Waals surface area contributed by atoms with E-state index in [1.165, 1.54) is 53.4 Å². The number of ether oxygens (including phenoxy) is 2. The zero-order valence-corrected chi connectivity index (χ0v) is 19.8. The Kier molecular flexibility index (Phi) is 7.65. The molecule has 3 aromatic rings. The number of halogens is 2. The number of aliphatic imine (C=N–C) groups is 1. The maximum atomic E-state index is 13.5. The number of thioether (sulfide) groups is 1. The molecule has 1 amide bonds. The Morgan fingerprint density at radius 1 is 1.00 bits per heavy atom. The van der Waals surface area contributed by atoms with E-state index in [0.717, 1.165) is 11.8 Å². The maximum Gasteiger partial charge on any atom is 0.341 e. The first-order valence-corrected chi connectivity index (χ1v) is 11.6. The Morgan fingerprint density at radius 2 is 1.67 bits per heavy atom. The first-order chi connectivity index (χ1) is 17.3. The fourth-order valence-corrected chi connectivity index (χ4v) is 4.29. The predicted octanol–water partition coefficient (Wildman–Crippen LogP) is 5.64. The lowest BCUT2D eigenvalue weighted by atomic mass is 10.1. The van der Waals surface area contributed by atoms with E-state index in [1.54, 1.807) is 31.2 Å². The van der Waals surface area contributed by atoms with Crippen molar-refractivity contribution in [3.8, 4) is 11.5 Å². The number of carbonyl (C=O) groups is 2. The van der Waals surface area contributed by atoms with Crippen molar-refractivity contribution in [3.63, 3.8) is 0 Å². The Hall–Kier alpha value is -4.18. The summed E-state index contributed by atoms with van der Waals surface area (Å²) in [4.78, 5) is 30.4. The summed E-state index contributed by atoms with van der Waals surface area (Å²) in [5.41, 5.74) is 1.48. The van der Waals surface area contributed by atoms with Gasteiger partial charge in [-0.25, -0.2) is 18.6 Å². The summed E-state index contributed by atoms with van der Waals surface area (Å²) in [5, 5.41) is 9.19. The molecule has 0 radical (unpaired) electrons. The van der Waals surface area contributed by atoms with Crippen LogP contribution in [0.5, 0.6) is 11.5 Å². The number of carboxylic acids is 1. The Balaban J connectivity index is 1.71. The molecule has 1 fully saturated rings. The van der Waals surface area contributed by atoms with Crippen molar-refractivity contribution in [1.82, 2.24) is 0 Å². The third kappa shape index (κ3) is 5.89. The number of nitrogens with zero attached hydrogens (tertiary/aromatic N) is 2. The number of amides is 1. The zero-order valence-electron chi connectivity index (χ0n) is 19.0. The van der Waals surface area contributed by atoms with Crippen LogP contribution in [0.2, 0.25) is 0 Å².